The highest BCUT2D eigenvalue weighted by molar-refractivity contribution is 8.00. The van der Waals surface area contributed by atoms with Gasteiger partial charge in [-0.05, 0) is 48.6 Å². The highest BCUT2D eigenvalue weighted by Gasteiger charge is 2.48. The van der Waals surface area contributed by atoms with E-state index in [0.717, 1.165) is 23.3 Å². The number of benzene rings is 3. The summed E-state index contributed by atoms with van der Waals surface area (Å²) >= 11 is 2.41. The third-order valence-electron chi connectivity index (χ3n) is 6.82. The molecule has 4 aromatic rings. The summed E-state index contributed by atoms with van der Waals surface area (Å²) in [6, 6.07) is 19.8. The van der Waals surface area contributed by atoms with Crippen molar-refractivity contribution in [3.05, 3.63) is 106 Å². The molecule has 1 aromatic heterocycles. The van der Waals surface area contributed by atoms with E-state index < -0.39 is 17.7 Å². The maximum Gasteiger partial charge on any atom is 0.301 e. The molecule has 1 saturated heterocycles. The van der Waals surface area contributed by atoms with Crippen LogP contribution in [-0.4, -0.2) is 33.6 Å². The fraction of sp³-hybridized carbons (Fsp3) is 0.250. The molecule has 0 radical (unpaired) electrons. The summed E-state index contributed by atoms with van der Waals surface area (Å²) in [6.45, 7) is 6.67. The summed E-state index contributed by atoms with van der Waals surface area (Å²) < 4.78 is 20.6. The number of aliphatic hydroxyl groups is 1. The van der Waals surface area contributed by atoms with E-state index >= 15 is 0 Å². The summed E-state index contributed by atoms with van der Waals surface area (Å²) in [5.41, 5.74) is 2.47. The molecule has 1 N–H and O–H groups in total. The summed E-state index contributed by atoms with van der Waals surface area (Å²) in [5.74, 6) is -0.837. The Morgan fingerprint density at radius 3 is 2.57 bits per heavy atom. The number of aliphatic hydroxyl groups excluding tert-OH is 1. The molecule has 1 atom stereocenters. The largest absolute Gasteiger partial charge is 0.507 e. The molecule has 2 heterocycles. The first kappa shape index (κ1) is 29.5. The van der Waals surface area contributed by atoms with Crippen LogP contribution in [0.1, 0.15) is 48.6 Å². The van der Waals surface area contributed by atoms with E-state index in [9.17, 15) is 19.1 Å². The van der Waals surface area contributed by atoms with Crippen LogP contribution in [0.5, 0.6) is 5.75 Å². The van der Waals surface area contributed by atoms with Gasteiger partial charge < -0.3 is 9.84 Å². The van der Waals surface area contributed by atoms with Gasteiger partial charge in [-0.15, -0.1) is 10.2 Å². The number of rotatable bonds is 10. The number of anilines is 1. The Bertz CT molecular complexity index is 1630. The van der Waals surface area contributed by atoms with Crippen molar-refractivity contribution in [1.82, 2.24) is 10.2 Å². The molecule has 0 saturated carbocycles. The minimum absolute atomic E-state index is 0.0426. The fourth-order valence-electron chi connectivity index (χ4n) is 4.51. The van der Waals surface area contributed by atoms with Gasteiger partial charge in [-0.2, -0.15) is 0 Å². The van der Waals surface area contributed by atoms with Crippen molar-refractivity contribution in [1.29, 1.82) is 0 Å². The number of amides is 1. The zero-order valence-electron chi connectivity index (χ0n) is 23.4. The normalized spacial score (nSPS) is 16.4. The van der Waals surface area contributed by atoms with Crippen molar-refractivity contribution in [2.75, 3.05) is 11.5 Å². The molecule has 0 aliphatic carbocycles. The van der Waals surface area contributed by atoms with Crippen LogP contribution in [0.25, 0.3) is 5.76 Å². The Balaban J connectivity index is 1.53. The fourth-order valence-corrected chi connectivity index (χ4v) is 6.37. The Kier molecular flexibility index (Phi) is 9.03. The first-order valence-electron chi connectivity index (χ1n) is 13.5. The Morgan fingerprint density at radius 2 is 1.83 bits per heavy atom. The van der Waals surface area contributed by atoms with Crippen LogP contribution in [0.4, 0.5) is 9.52 Å². The second kappa shape index (κ2) is 12.9. The number of ether oxygens (including phenoxy) is 1. The monoisotopic (exact) mass is 603 g/mol. The number of thioether (sulfide) groups is 1. The Labute approximate surface area is 252 Å². The number of hydrogen-bond acceptors (Lipinski definition) is 8. The second-order valence-corrected chi connectivity index (χ2v) is 12.5. The molecular weight excluding hydrogens is 574 g/mol. The van der Waals surface area contributed by atoms with E-state index in [4.69, 9.17) is 4.74 Å². The van der Waals surface area contributed by atoms with Crippen LogP contribution in [0.3, 0.4) is 0 Å². The predicted octanol–water partition coefficient (Wildman–Crippen LogP) is 7.33. The lowest BCUT2D eigenvalue weighted by Gasteiger charge is -2.23. The van der Waals surface area contributed by atoms with Gasteiger partial charge in [-0.3, -0.25) is 14.5 Å². The first-order chi connectivity index (χ1) is 20.2. The van der Waals surface area contributed by atoms with Crippen molar-refractivity contribution in [3.63, 3.8) is 0 Å². The van der Waals surface area contributed by atoms with E-state index in [1.165, 1.54) is 22.7 Å². The van der Waals surface area contributed by atoms with Gasteiger partial charge in [0.15, 0.2) is 4.34 Å². The third-order valence-corrected chi connectivity index (χ3v) is 8.92. The minimum Gasteiger partial charge on any atom is -0.507 e. The number of hydrogen-bond donors (Lipinski definition) is 1. The number of Topliss-reactive ketones (excluding diaryl/α,β-unsaturated/α-hetero) is 1. The van der Waals surface area contributed by atoms with Crippen molar-refractivity contribution in [2.24, 2.45) is 5.92 Å². The standard InChI is InChI=1S/C32H30FN3O4S2/c1-19(2)15-16-40-24-9-6-8-22(17-24)27-26(28(37)21-13-11-20(3)12-14-21)29(38)30(39)36(27)31-34-35-32(42-31)41-18-23-7-4-5-10-25(23)33/h4-14,17,19,27,37H,15-16,18H2,1-3H3. The van der Waals surface area contributed by atoms with Crippen molar-refractivity contribution in [2.45, 2.75) is 43.3 Å². The van der Waals surface area contributed by atoms with Crippen LogP contribution in [0, 0.1) is 18.7 Å². The van der Waals surface area contributed by atoms with Crippen LogP contribution in [0.15, 0.2) is 82.7 Å². The highest BCUT2D eigenvalue weighted by atomic mass is 32.2. The van der Waals surface area contributed by atoms with Gasteiger partial charge in [0.25, 0.3) is 5.78 Å². The number of carbonyl (C=O) groups is 2. The Hall–Kier alpha value is -4.02. The van der Waals surface area contributed by atoms with Crippen molar-refractivity contribution in [3.8, 4) is 5.75 Å². The van der Waals surface area contributed by atoms with Gasteiger partial charge in [0.05, 0.1) is 18.2 Å². The van der Waals surface area contributed by atoms with Crippen LogP contribution < -0.4 is 9.64 Å². The second-order valence-electron chi connectivity index (χ2n) is 10.4. The molecule has 0 bridgehead atoms. The minimum atomic E-state index is -0.961. The SMILES string of the molecule is Cc1ccc(C(O)=C2C(=O)C(=O)N(c3nnc(SCc4ccccc4F)s3)C2c2cccc(OCCC(C)C)c2)cc1. The van der Waals surface area contributed by atoms with Crippen molar-refractivity contribution < 1.29 is 23.8 Å². The summed E-state index contributed by atoms with van der Waals surface area (Å²) in [5, 5.41) is 20.0. The van der Waals surface area contributed by atoms with Crippen LogP contribution in [-0.2, 0) is 15.3 Å². The van der Waals surface area contributed by atoms with E-state index in [-0.39, 0.29) is 22.3 Å². The number of aryl methyl sites for hydroxylation is 1. The molecule has 1 unspecified atom stereocenters. The highest BCUT2D eigenvalue weighted by Crippen LogP contribution is 2.44. The summed E-state index contributed by atoms with van der Waals surface area (Å²) in [6.07, 6.45) is 0.869. The molecule has 5 rings (SSSR count). The third kappa shape index (κ3) is 6.39. The van der Waals surface area contributed by atoms with Gasteiger partial charge in [0, 0.05) is 11.3 Å². The lowest BCUT2D eigenvalue weighted by molar-refractivity contribution is -0.132. The van der Waals surface area contributed by atoms with Gasteiger partial charge >= 0.3 is 5.91 Å². The van der Waals surface area contributed by atoms with Gasteiger partial charge in [-0.25, -0.2) is 4.39 Å². The molecule has 0 spiro atoms. The molecule has 1 amide bonds. The molecule has 1 aliphatic rings. The predicted molar refractivity (Wildman–Crippen MR) is 163 cm³/mol. The lowest BCUT2D eigenvalue weighted by Crippen LogP contribution is -2.29. The van der Waals surface area contributed by atoms with Gasteiger partial charge in [0.1, 0.15) is 17.3 Å². The zero-order valence-corrected chi connectivity index (χ0v) is 25.0. The quantitative estimate of drug-likeness (QED) is 0.0667. The molecule has 42 heavy (non-hydrogen) atoms. The van der Waals surface area contributed by atoms with Crippen molar-refractivity contribution >= 4 is 45.7 Å². The van der Waals surface area contributed by atoms with E-state index in [1.54, 1.807) is 48.5 Å². The van der Waals surface area contributed by atoms with E-state index in [1.807, 2.05) is 25.1 Å². The molecule has 216 valence electrons. The summed E-state index contributed by atoms with van der Waals surface area (Å²) in [7, 11) is 0. The number of ketones is 1. The summed E-state index contributed by atoms with van der Waals surface area (Å²) in [4.78, 5) is 28.3. The average Bonchev–Trinajstić information content (AvgIpc) is 3.54. The topological polar surface area (TPSA) is 92.6 Å². The molecule has 10 heteroatoms. The maximum atomic E-state index is 14.1. The molecule has 1 aliphatic heterocycles. The number of nitrogens with zero attached hydrogens (tertiary/aromatic N) is 3. The Morgan fingerprint density at radius 1 is 1.07 bits per heavy atom. The van der Waals surface area contributed by atoms with Gasteiger partial charge in [0.2, 0.25) is 5.13 Å². The average molecular weight is 604 g/mol. The number of carbonyl (C=O) groups excluding carboxylic acids is 2. The van der Waals surface area contributed by atoms with Crippen LogP contribution >= 0.6 is 23.1 Å². The molecule has 1 fully saturated rings. The molecule has 3 aromatic carbocycles. The number of halogens is 1. The molecular formula is C32H30FN3O4S2. The van der Waals surface area contributed by atoms with Crippen LogP contribution in [0.2, 0.25) is 0 Å². The lowest BCUT2D eigenvalue weighted by atomic mass is 9.95. The number of aromatic nitrogens is 2. The maximum absolute atomic E-state index is 14.1. The smallest absolute Gasteiger partial charge is 0.301 e. The van der Waals surface area contributed by atoms with E-state index in [2.05, 4.69) is 24.0 Å². The van der Waals surface area contributed by atoms with Gasteiger partial charge in [-0.1, -0.05) is 97.1 Å². The van der Waals surface area contributed by atoms with E-state index in [0.29, 0.717) is 45.1 Å². The molecule has 7 nitrogen and oxygen atoms in total. The first-order valence-corrected chi connectivity index (χ1v) is 15.3. The zero-order chi connectivity index (χ0) is 29.8.